The molecule has 0 radical (unpaired) electrons. The van der Waals surface area contributed by atoms with E-state index < -0.39 is 110 Å². The van der Waals surface area contributed by atoms with Gasteiger partial charge in [0.15, 0.2) is 6.35 Å². The van der Waals surface area contributed by atoms with Gasteiger partial charge in [-0.2, -0.15) is 21.6 Å². The van der Waals surface area contributed by atoms with Crippen LogP contribution in [-0.4, -0.2) is 175 Å². The van der Waals surface area contributed by atoms with E-state index in [2.05, 4.69) is 48.5 Å². The molecule has 33 heteroatoms. The lowest BCUT2D eigenvalue weighted by Crippen LogP contribution is -2.45. The Balaban J connectivity index is 0.000000239. The molecule has 2 aliphatic rings. The van der Waals surface area contributed by atoms with Crippen molar-refractivity contribution in [2.24, 2.45) is 0 Å². The number of aromatic nitrogens is 6. The van der Waals surface area contributed by atoms with Crippen LogP contribution in [0.2, 0.25) is 0 Å². The van der Waals surface area contributed by atoms with E-state index in [0.29, 0.717) is 16.6 Å². The van der Waals surface area contributed by atoms with Crippen LogP contribution in [0.15, 0.2) is 34.6 Å². The molecule has 8 atom stereocenters. The number of nitrogens with zero attached hydrogens (tertiary/aromatic N) is 3. The molecule has 1 amide bonds. The minimum atomic E-state index is -5.80. The number of aromatic amines is 4. The summed E-state index contributed by atoms with van der Waals surface area (Å²) in [7, 11) is -13.1. The maximum Gasteiger partial charge on any atom is 0.523 e. The zero-order valence-corrected chi connectivity index (χ0v) is 41.9. The number of alkyl halides is 3. The Kier molecular flexibility index (Phi) is 20.7. The highest BCUT2D eigenvalue weighted by atomic mass is 32.2. The first-order chi connectivity index (χ1) is 33.1. The third-order valence-corrected chi connectivity index (χ3v) is 14.9. The monoisotopic (exact) mass is 1080 g/mol. The van der Waals surface area contributed by atoms with Gasteiger partial charge >= 0.3 is 36.9 Å². The second kappa shape index (κ2) is 24.7. The van der Waals surface area contributed by atoms with E-state index in [-0.39, 0.29) is 61.5 Å². The number of rotatable bonds is 18. The summed E-state index contributed by atoms with van der Waals surface area (Å²) in [6.45, 7) is 10.9. The van der Waals surface area contributed by atoms with Crippen molar-refractivity contribution in [1.82, 2.24) is 40.1 Å². The minimum Gasteiger partial charge on any atom is -0.444 e. The average Bonchev–Trinajstić information content (AvgIpc) is 4.04. The molecule has 0 spiro atoms. The molecular weight excluding hydrogens is 1020 g/mol. The van der Waals surface area contributed by atoms with Gasteiger partial charge < -0.3 is 78.4 Å². The lowest BCUT2D eigenvalue weighted by molar-refractivity contribution is -0.0534. The number of hydrogen-bond donors (Lipinski definition) is 10. The van der Waals surface area contributed by atoms with Gasteiger partial charge in [0.1, 0.15) is 52.3 Å². The number of hydrogen-bond acceptors (Lipinski definition) is 22. The second-order valence-electron chi connectivity index (χ2n) is 16.2. The number of fused-ring (bicyclic) bond motifs is 2. The Morgan fingerprint density at radius 1 is 0.746 bits per heavy atom. The molecule has 402 valence electrons. The normalized spacial score (nSPS) is 23.1. The average molecular weight is 1080 g/mol. The summed E-state index contributed by atoms with van der Waals surface area (Å²) in [5.74, 6) is 0. The van der Waals surface area contributed by atoms with Crippen molar-refractivity contribution < 1.29 is 92.8 Å². The van der Waals surface area contributed by atoms with E-state index in [0.717, 1.165) is 4.90 Å². The van der Waals surface area contributed by atoms with Gasteiger partial charge in [-0.15, -0.1) is 0 Å². The number of halogens is 3. The Bertz CT molecular complexity index is 2700. The van der Waals surface area contributed by atoms with Crippen LogP contribution in [0.5, 0.6) is 0 Å². The highest BCUT2D eigenvalue weighted by Crippen LogP contribution is 2.49. The Hall–Kier alpha value is -4.17. The van der Waals surface area contributed by atoms with Crippen molar-refractivity contribution >= 4 is 53.5 Å². The molecule has 0 aliphatic carbocycles. The lowest BCUT2D eigenvalue weighted by atomic mass is 10.0. The minimum absolute atomic E-state index is 0.0186. The van der Waals surface area contributed by atoms with Crippen molar-refractivity contribution in [3.8, 4) is 0 Å². The highest BCUT2D eigenvalue weighted by Gasteiger charge is 2.53. The maximum absolute atomic E-state index is 12.7. The van der Waals surface area contributed by atoms with Crippen molar-refractivity contribution in [2.45, 2.75) is 108 Å². The van der Waals surface area contributed by atoms with Crippen molar-refractivity contribution in [3.63, 3.8) is 0 Å². The molecule has 2 aliphatic heterocycles. The van der Waals surface area contributed by atoms with Crippen LogP contribution in [0.1, 0.15) is 71.7 Å². The molecule has 6 heterocycles. The molecule has 2 fully saturated rings. The quantitative estimate of drug-likeness (QED) is 0.0386. The fourth-order valence-corrected chi connectivity index (χ4v) is 10.8. The number of aliphatic hydroxyl groups is 5. The van der Waals surface area contributed by atoms with E-state index in [1.807, 2.05) is 0 Å². The summed E-state index contributed by atoms with van der Waals surface area (Å²) in [6.07, 6.45) is -1.90. The predicted molar refractivity (Wildman–Crippen MR) is 242 cm³/mol. The maximum atomic E-state index is 12.7. The van der Waals surface area contributed by atoms with Gasteiger partial charge in [-0.3, -0.25) is 27.8 Å². The fourth-order valence-electron chi connectivity index (χ4n) is 7.23. The number of nitrogens with one attached hydrogen (secondary N) is 5. The van der Waals surface area contributed by atoms with Crippen LogP contribution < -0.4 is 16.4 Å². The molecular formula is C38H59F3N8O19P2S. The van der Waals surface area contributed by atoms with Gasteiger partial charge in [0.2, 0.25) is 0 Å². The summed E-state index contributed by atoms with van der Waals surface area (Å²) in [6, 6.07) is -3.38. The molecule has 2 saturated heterocycles. The number of carbonyl (C=O) groups is 1. The molecule has 4 aromatic heterocycles. The fraction of sp³-hybridized carbons (Fsp3) is 0.658. The van der Waals surface area contributed by atoms with Crippen LogP contribution in [0, 0.1) is 0 Å². The van der Waals surface area contributed by atoms with E-state index in [9.17, 15) is 70.6 Å². The molecule has 71 heavy (non-hydrogen) atoms. The predicted octanol–water partition coefficient (Wildman–Crippen LogP) is 1.93. The first kappa shape index (κ1) is 59.4. The van der Waals surface area contributed by atoms with E-state index in [1.165, 1.54) is 32.7 Å². The largest absolute Gasteiger partial charge is 0.523 e. The van der Waals surface area contributed by atoms with Crippen molar-refractivity contribution in [3.05, 3.63) is 56.9 Å². The first-order valence-corrected chi connectivity index (χ1v) is 26.5. The molecule has 0 unspecified atom stereocenters. The molecule has 0 saturated carbocycles. The van der Waals surface area contributed by atoms with Crippen LogP contribution in [0.25, 0.3) is 22.1 Å². The number of likely N-dealkylation sites (tertiary alicyclic amines) is 1. The standard InChI is InChI=1S/C16H25N4O7P.C16H22N4O6.C6H12F3O6PS/c1-3-26-28(24,27-4-2)8-25-6-10-14(21)15(22)12(20-10)9-5-17-13-11(9)18-7-19-16(13)23;1-16(2,3)26-15(25)20-8(5-21)12(22)13(23)11(20)7-4-17-10-9(7)18-6-19-14(10)24;1-3-13-16(10,14-4-2)5-15-17(11,12)6(7,8)9/h5,7,10,12,14-15,17,20-22H,3-4,6,8H2,1-2H3,(H,18,19,23);4,6,8,11-13,17,21-23H,5H2,1-3H3,(H,18,19,24);3-5H2,1-2H3/t10-,12+,14-,15+;8-,11+,12-,13+;/m11./s1. The molecule has 27 nitrogen and oxygen atoms in total. The van der Waals surface area contributed by atoms with Gasteiger partial charge in [0, 0.05) is 23.5 Å². The number of carbonyl (C=O) groups excluding carboxylic acids is 1. The van der Waals surface area contributed by atoms with Crippen LogP contribution in [-0.2, 0) is 51.0 Å². The summed E-state index contributed by atoms with van der Waals surface area (Å²) in [4.78, 5) is 56.3. The Morgan fingerprint density at radius 2 is 1.23 bits per heavy atom. The van der Waals surface area contributed by atoms with Gasteiger partial charge in [-0.05, 0) is 48.5 Å². The SMILES string of the molecule is CC(C)(C)OC(=O)N1[C@H](CO)[C@@H](O)[C@@H](O)[C@@H]1c1c[nH]c2c(=O)[nH]cnc12.CCOP(=O)(COC[C@H]1N[C@@H](c2c[nH]c3c(=O)[nH]cnc23)[C@H](O)[C@@H]1O)OCC.CCOP(=O)(COS(=O)(=O)C(F)(F)F)OCC. The smallest absolute Gasteiger partial charge is 0.444 e. The summed E-state index contributed by atoms with van der Waals surface area (Å²) in [5.41, 5.74) is -5.07. The van der Waals surface area contributed by atoms with Gasteiger partial charge in [-0.1, -0.05) is 0 Å². The zero-order chi connectivity index (χ0) is 53.3. The molecule has 0 aromatic carbocycles. The Morgan fingerprint density at radius 3 is 1.69 bits per heavy atom. The first-order valence-electron chi connectivity index (χ1n) is 21.6. The molecule has 10 N–H and O–H groups in total. The van der Waals surface area contributed by atoms with Gasteiger partial charge in [0.25, 0.3) is 11.1 Å². The van der Waals surface area contributed by atoms with Crippen molar-refractivity contribution in [1.29, 1.82) is 0 Å². The number of ether oxygens (including phenoxy) is 2. The lowest BCUT2D eigenvalue weighted by Gasteiger charge is -2.32. The van der Waals surface area contributed by atoms with E-state index in [4.69, 9.17) is 18.5 Å². The third-order valence-electron chi connectivity index (χ3n) is 10.2. The van der Waals surface area contributed by atoms with Gasteiger partial charge in [-0.25, -0.2) is 14.8 Å². The van der Waals surface area contributed by atoms with Crippen LogP contribution in [0.3, 0.4) is 0 Å². The van der Waals surface area contributed by atoms with Crippen molar-refractivity contribution in [2.75, 3.05) is 52.3 Å². The summed E-state index contributed by atoms with van der Waals surface area (Å²) in [5, 5.41) is 54.4. The zero-order valence-electron chi connectivity index (χ0n) is 39.3. The molecule has 0 bridgehead atoms. The molecule has 4 aromatic rings. The number of aliphatic hydroxyl groups excluding tert-OH is 5. The highest BCUT2D eigenvalue weighted by molar-refractivity contribution is 7.87. The van der Waals surface area contributed by atoms with E-state index >= 15 is 0 Å². The Labute approximate surface area is 402 Å². The van der Waals surface area contributed by atoms with Crippen LogP contribution in [0.4, 0.5) is 18.0 Å². The summed E-state index contributed by atoms with van der Waals surface area (Å²) >= 11 is 0. The van der Waals surface area contributed by atoms with Gasteiger partial charge in [0.05, 0.1) is 82.6 Å². The molecule has 6 rings (SSSR count). The topological polar surface area (TPSA) is 389 Å². The summed E-state index contributed by atoms with van der Waals surface area (Å²) < 4.78 is 115. The van der Waals surface area contributed by atoms with E-state index in [1.54, 1.807) is 40.8 Å². The number of amides is 1. The third kappa shape index (κ3) is 14.5. The van der Waals surface area contributed by atoms with Crippen LogP contribution >= 0.6 is 15.2 Å². The second-order valence-corrected chi connectivity index (χ2v) is 21.8. The number of H-pyrrole nitrogens is 4.